The fourth-order valence-corrected chi connectivity index (χ4v) is 5.32. The molecule has 0 aromatic heterocycles. The average Bonchev–Trinajstić information content (AvgIpc) is 2.83. The number of nitrogens with zero attached hydrogens (tertiary/aromatic N) is 1. The Labute approximate surface area is 204 Å². The molecule has 0 bridgehead atoms. The Hall–Kier alpha value is -3.23. The molecule has 0 aliphatic carbocycles. The summed E-state index contributed by atoms with van der Waals surface area (Å²) in [6.07, 6.45) is 0. The van der Waals surface area contributed by atoms with E-state index in [-0.39, 0.29) is 17.5 Å². The molecular formula is C25H25ClN2O5S. The van der Waals surface area contributed by atoms with Crippen molar-refractivity contribution in [3.63, 3.8) is 0 Å². The molecule has 1 aliphatic rings. The average molecular weight is 501 g/mol. The highest BCUT2D eigenvalue weighted by atomic mass is 35.5. The lowest BCUT2D eigenvalue weighted by atomic mass is 10.1. The van der Waals surface area contributed by atoms with E-state index in [9.17, 15) is 13.2 Å². The molecule has 0 spiro atoms. The maximum atomic E-state index is 13.5. The van der Waals surface area contributed by atoms with Crippen molar-refractivity contribution < 1.29 is 22.7 Å². The molecule has 178 valence electrons. The Balaban J connectivity index is 1.58. The van der Waals surface area contributed by atoms with E-state index in [1.54, 1.807) is 31.2 Å². The third kappa shape index (κ3) is 5.13. The summed E-state index contributed by atoms with van der Waals surface area (Å²) in [6.45, 7) is 4.20. The molecule has 0 fully saturated rings. The fraction of sp³-hybridized carbons (Fsp3) is 0.240. The summed E-state index contributed by atoms with van der Waals surface area (Å²) >= 11 is 5.94. The van der Waals surface area contributed by atoms with Crippen LogP contribution in [0.25, 0.3) is 0 Å². The molecule has 0 saturated carbocycles. The highest BCUT2D eigenvalue weighted by molar-refractivity contribution is 7.92. The summed E-state index contributed by atoms with van der Waals surface area (Å²) < 4.78 is 39.3. The molecule has 3 aromatic carbocycles. The summed E-state index contributed by atoms with van der Waals surface area (Å²) in [4.78, 5) is 13.1. The van der Waals surface area contributed by atoms with Crippen LogP contribution in [0, 0.1) is 6.92 Å². The van der Waals surface area contributed by atoms with Crippen LogP contribution >= 0.6 is 11.6 Å². The van der Waals surface area contributed by atoms with E-state index in [1.807, 2.05) is 25.1 Å². The van der Waals surface area contributed by atoms with Crippen LogP contribution in [-0.4, -0.2) is 34.1 Å². The van der Waals surface area contributed by atoms with Gasteiger partial charge in [-0.3, -0.25) is 9.10 Å². The summed E-state index contributed by atoms with van der Waals surface area (Å²) in [5.74, 6) is 0.841. The quantitative estimate of drug-likeness (QED) is 0.516. The number of aryl methyl sites for hydroxylation is 1. The number of rotatable bonds is 7. The number of carbonyl (C=O) groups excluding carboxylic acids is 1. The lowest BCUT2D eigenvalue weighted by Gasteiger charge is -2.26. The topological polar surface area (TPSA) is 84.9 Å². The van der Waals surface area contributed by atoms with Gasteiger partial charge in [0.25, 0.3) is 10.0 Å². The van der Waals surface area contributed by atoms with Gasteiger partial charge in [0.05, 0.1) is 16.6 Å². The molecule has 9 heteroatoms. The van der Waals surface area contributed by atoms with E-state index in [0.717, 1.165) is 15.4 Å². The van der Waals surface area contributed by atoms with Crippen molar-refractivity contribution in [1.29, 1.82) is 0 Å². The minimum Gasteiger partial charge on any atom is -0.486 e. The van der Waals surface area contributed by atoms with Gasteiger partial charge in [-0.2, -0.15) is 0 Å². The molecular weight excluding hydrogens is 476 g/mol. The number of fused-ring (bicyclic) bond motifs is 1. The molecule has 0 unspecified atom stereocenters. The van der Waals surface area contributed by atoms with Crippen LogP contribution in [-0.2, 0) is 14.8 Å². The summed E-state index contributed by atoms with van der Waals surface area (Å²) in [5.41, 5.74) is 1.98. The SMILES string of the molecule is Cc1ccccc1N(CC(=O)N[C@@H](C)c1ccc2c(c1)OCCO2)S(=O)(=O)c1ccc(Cl)cc1. The normalized spacial score (nSPS) is 13.7. The predicted molar refractivity (Wildman–Crippen MR) is 131 cm³/mol. The highest BCUT2D eigenvalue weighted by Gasteiger charge is 2.29. The van der Waals surface area contributed by atoms with Crippen molar-refractivity contribution in [2.75, 3.05) is 24.1 Å². The van der Waals surface area contributed by atoms with Crippen molar-refractivity contribution in [2.45, 2.75) is 24.8 Å². The second-order valence-corrected chi connectivity index (χ2v) is 10.2. The van der Waals surface area contributed by atoms with Gasteiger partial charge in [0, 0.05) is 5.02 Å². The number of carbonyl (C=O) groups is 1. The highest BCUT2D eigenvalue weighted by Crippen LogP contribution is 2.33. The van der Waals surface area contributed by atoms with Crippen LogP contribution in [0.15, 0.2) is 71.6 Å². The van der Waals surface area contributed by atoms with E-state index >= 15 is 0 Å². The Bertz CT molecular complexity index is 1290. The predicted octanol–water partition coefficient (Wildman–Crippen LogP) is 4.49. The second-order valence-electron chi connectivity index (χ2n) is 7.94. The minimum atomic E-state index is -4.02. The molecule has 7 nitrogen and oxygen atoms in total. The van der Waals surface area contributed by atoms with Crippen LogP contribution in [0.4, 0.5) is 5.69 Å². The number of hydrogen-bond acceptors (Lipinski definition) is 5. The second kappa shape index (κ2) is 9.95. The van der Waals surface area contributed by atoms with Crippen molar-refractivity contribution in [1.82, 2.24) is 5.32 Å². The number of halogens is 1. The van der Waals surface area contributed by atoms with Gasteiger partial charge >= 0.3 is 0 Å². The molecule has 4 rings (SSSR count). The lowest BCUT2D eigenvalue weighted by molar-refractivity contribution is -0.120. The monoisotopic (exact) mass is 500 g/mol. The first-order valence-electron chi connectivity index (χ1n) is 10.8. The largest absolute Gasteiger partial charge is 0.486 e. The van der Waals surface area contributed by atoms with Gasteiger partial charge < -0.3 is 14.8 Å². The molecule has 1 amide bonds. The first-order valence-corrected chi connectivity index (χ1v) is 12.6. The van der Waals surface area contributed by atoms with Gasteiger partial charge in [0.1, 0.15) is 19.8 Å². The van der Waals surface area contributed by atoms with E-state index in [2.05, 4.69) is 5.32 Å². The van der Waals surface area contributed by atoms with Crippen molar-refractivity contribution >= 4 is 33.2 Å². The summed E-state index contributed by atoms with van der Waals surface area (Å²) in [5, 5.41) is 3.32. The molecule has 1 aliphatic heterocycles. The van der Waals surface area contributed by atoms with Crippen LogP contribution in [0.2, 0.25) is 5.02 Å². The van der Waals surface area contributed by atoms with Crippen LogP contribution < -0.4 is 19.1 Å². The molecule has 0 saturated heterocycles. The van der Waals surface area contributed by atoms with E-state index in [1.165, 1.54) is 24.3 Å². The number of para-hydroxylation sites is 1. The van der Waals surface area contributed by atoms with Crippen molar-refractivity contribution in [2.24, 2.45) is 0 Å². The van der Waals surface area contributed by atoms with Gasteiger partial charge in [0.15, 0.2) is 11.5 Å². The molecule has 1 N–H and O–H groups in total. The number of sulfonamides is 1. The minimum absolute atomic E-state index is 0.0489. The van der Waals surface area contributed by atoms with Gasteiger partial charge in [-0.25, -0.2) is 8.42 Å². The van der Waals surface area contributed by atoms with E-state index < -0.39 is 15.9 Å². The number of hydrogen-bond donors (Lipinski definition) is 1. The number of ether oxygens (including phenoxy) is 2. The smallest absolute Gasteiger partial charge is 0.264 e. The third-order valence-electron chi connectivity index (χ3n) is 5.52. The van der Waals surface area contributed by atoms with E-state index in [0.29, 0.717) is 35.4 Å². The molecule has 34 heavy (non-hydrogen) atoms. The maximum Gasteiger partial charge on any atom is 0.264 e. The van der Waals surface area contributed by atoms with Crippen molar-refractivity contribution in [3.05, 3.63) is 82.9 Å². The van der Waals surface area contributed by atoms with E-state index in [4.69, 9.17) is 21.1 Å². The van der Waals surface area contributed by atoms with Crippen LogP contribution in [0.5, 0.6) is 11.5 Å². The first kappa shape index (κ1) is 23.9. The summed E-state index contributed by atoms with van der Waals surface area (Å²) in [7, 11) is -4.02. The number of amides is 1. The zero-order chi connectivity index (χ0) is 24.3. The zero-order valence-electron chi connectivity index (χ0n) is 18.8. The lowest BCUT2D eigenvalue weighted by Crippen LogP contribution is -2.41. The molecule has 3 aromatic rings. The van der Waals surface area contributed by atoms with Gasteiger partial charge in [-0.1, -0.05) is 35.9 Å². The first-order chi connectivity index (χ1) is 16.3. The number of benzene rings is 3. The Morgan fingerprint density at radius 3 is 2.41 bits per heavy atom. The van der Waals surface area contributed by atoms with Gasteiger partial charge in [0.2, 0.25) is 5.91 Å². The molecule has 1 atom stereocenters. The van der Waals surface area contributed by atoms with Crippen molar-refractivity contribution in [3.8, 4) is 11.5 Å². The molecule has 1 heterocycles. The Morgan fingerprint density at radius 1 is 1.03 bits per heavy atom. The Morgan fingerprint density at radius 2 is 1.71 bits per heavy atom. The van der Waals surface area contributed by atoms with Crippen LogP contribution in [0.3, 0.4) is 0 Å². The van der Waals surface area contributed by atoms with Gasteiger partial charge in [-0.05, 0) is 67.4 Å². The standard InChI is InChI=1S/C25H25ClN2O5S/c1-17-5-3-4-6-22(17)28(34(30,31)21-10-8-20(26)9-11-21)16-25(29)27-18(2)19-7-12-23-24(15-19)33-14-13-32-23/h3-12,15,18H,13-14,16H2,1-2H3,(H,27,29)/t18-/m0/s1. The van der Waals surface area contributed by atoms with Gasteiger partial charge in [-0.15, -0.1) is 0 Å². The third-order valence-corrected chi connectivity index (χ3v) is 7.54. The molecule has 0 radical (unpaired) electrons. The fourth-order valence-electron chi connectivity index (χ4n) is 3.71. The van der Waals surface area contributed by atoms with Crippen LogP contribution in [0.1, 0.15) is 24.1 Å². The number of nitrogens with one attached hydrogen (secondary N) is 1. The maximum absolute atomic E-state index is 13.5. The zero-order valence-corrected chi connectivity index (χ0v) is 20.4. The summed E-state index contributed by atoms with van der Waals surface area (Å²) in [6, 6.07) is 18.0. The Kier molecular flexibility index (Phi) is 7.00. The number of anilines is 1.